The molecular weight excluding hydrogens is 218 g/mol. The van der Waals surface area contributed by atoms with Gasteiger partial charge in [0.2, 0.25) is 0 Å². The molecule has 17 heavy (non-hydrogen) atoms. The Morgan fingerprint density at radius 2 is 1.94 bits per heavy atom. The predicted molar refractivity (Wildman–Crippen MR) is 64.7 cm³/mol. The Morgan fingerprint density at radius 1 is 1.29 bits per heavy atom. The molecule has 0 fully saturated rings. The lowest BCUT2D eigenvalue weighted by molar-refractivity contribution is 0.0902. The maximum absolute atomic E-state index is 12.3. The number of Topliss-reactive ketones (excluding diaryl/α,β-unsaturated/α-hetero) is 1. The van der Waals surface area contributed by atoms with Crippen molar-refractivity contribution < 1.29 is 14.3 Å². The molecule has 0 spiro atoms. The van der Waals surface area contributed by atoms with Gasteiger partial charge >= 0.3 is 0 Å². The van der Waals surface area contributed by atoms with Crippen LogP contribution in [0.4, 0.5) is 0 Å². The second-order valence-corrected chi connectivity index (χ2v) is 4.16. The van der Waals surface area contributed by atoms with Crippen LogP contribution in [0.3, 0.4) is 0 Å². The quantitative estimate of drug-likeness (QED) is 0.860. The number of nitrogens with two attached hydrogens (primary N) is 1. The normalized spacial score (nSPS) is 18.8. The number of ether oxygens (including phenoxy) is 2. The number of ketones is 1. The van der Waals surface area contributed by atoms with Gasteiger partial charge in [0.05, 0.1) is 19.8 Å². The molecule has 0 aromatic heterocycles. The number of hydrogen-bond donors (Lipinski definition) is 1. The van der Waals surface area contributed by atoms with Crippen molar-refractivity contribution in [1.82, 2.24) is 0 Å². The number of fused-ring (bicyclic) bond motifs is 1. The molecule has 0 saturated carbocycles. The van der Waals surface area contributed by atoms with Crippen molar-refractivity contribution in [2.24, 2.45) is 11.7 Å². The van der Waals surface area contributed by atoms with Crippen molar-refractivity contribution in [3.63, 3.8) is 0 Å². The highest BCUT2D eigenvalue weighted by Crippen LogP contribution is 2.37. The van der Waals surface area contributed by atoms with E-state index in [2.05, 4.69) is 0 Å². The van der Waals surface area contributed by atoms with Gasteiger partial charge in [-0.05, 0) is 25.0 Å². The minimum absolute atomic E-state index is 0.0736. The van der Waals surface area contributed by atoms with Crippen LogP contribution in [0.1, 0.15) is 22.3 Å². The Morgan fingerprint density at radius 3 is 2.53 bits per heavy atom. The summed E-state index contributed by atoms with van der Waals surface area (Å²) in [5, 5.41) is 0. The minimum Gasteiger partial charge on any atom is -0.496 e. The molecule has 2 N–H and O–H groups in total. The molecule has 1 unspecified atom stereocenters. The average molecular weight is 235 g/mol. The maximum Gasteiger partial charge on any atom is 0.171 e. The summed E-state index contributed by atoms with van der Waals surface area (Å²) in [6, 6.07) is 3.61. The highest BCUT2D eigenvalue weighted by Gasteiger charge is 2.31. The fraction of sp³-hybridized carbons (Fsp3) is 0.462. The van der Waals surface area contributed by atoms with Crippen molar-refractivity contribution in [2.75, 3.05) is 20.8 Å². The Kier molecular flexibility index (Phi) is 3.33. The van der Waals surface area contributed by atoms with Crippen LogP contribution in [0.2, 0.25) is 0 Å². The van der Waals surface area contributed by atoms with E-state index in [0.29, 0.717) is 17.9 Å². The van der Waals surface area contributed by atoms with E-state index >= 15 is 0 Å². The fourth-order valence-electron chi connectivity index (χ4n) is 2.37. The third-order valence-electron chi connectivity index (χ3n) is 3.32. The Bertz CT molecular complexity index is 443. The molecule has 0 amide bonds. The van der Waals surface area contributed by atoms with Gasteiger partial charge in [0, 0.05) is 18.0 Å². The van der Waals surface area contributed by atoms with Crippen LogP contribution in [0.15, 0.2) is 12.1 Å². The smallest absolute Gasteiger partial charge is 0.171 e. The van der Waals surface area contributed by atoms with Gasteiger partial charge in [0.1, 0.15) is 11.5 Å². The van der Waals surface area contributed by atoms with Crippen LogP contribution in [0, 0.1) is 5.92 Å². The third-order valence-corrected chi connectivity index (χ3v) is 3.32. The summed E-state index contributed by atoms with van der Waals surface area (Å²) in [5.74, 6) is 1.35. The molecule has 1 aliphatic rings. The molecule has 4 heteroatoms. The van der Waals surface area contributed by atoms with Gasteiger partial charge in [0.15, 0.2) is 5.78 Å². The van der Waals surface area contributed by atoms with Crippen molar-refractivity contribution in [1.29, 1.82) is 0 Å². The zero-order valence-electron chi connectivity index (χ0n) is 10.2. The van der Waals surface area contributed by atoms with Crippen LogP contribution in [-0.2, 0) is 6.42 Å². The molecule has 0 saturated heterocycles. The number of carbonyl (C=O) groups excluding carboxylic acids is 1. The first-order valence-electron chi connectivity index (χ1n) is 5.71. The minimum atomic E-state index is -0.0940. The van der Waals surface area contributed by atoms with Crippen LogP contribution in [0.25, 0.3) is 0 Å². The van der Waals surface area contributed by atoms with E-state index in [-0.39, 0.29) is 11.7 Å². The molecule has 1 atom stereocenters. The molecular formula is C13H17NO3. The van der Waals surface area contributed by atoms with Crippen LogP contribution >= 0.6 is 0 Å². The number of hydrogen-bond acceptors (Lipinski definition) is 4. The van der Waals surface area contributed by atoms with Gasteiger partial charge in [-0.1, -0.05) is 0 Å². The van der Waals surface area contributed by atoms with Gasteiger partial charge in [-0.15, -0.1) is 0 Å². The summed E-state index contributed by atoms with van der Waals surface area (Å²) >= 11 is 0. The molecule has 1 aliphatic carbocycles. The summed E-state index contributed by atoms with van der Waals surface area (Å²) in [7, 11) is 3.18. The fourth-order valence-corrected chi connectivity index (χ4v) is 2.37. The van der Waals surface area contributed by atoms with E-state index < -0.39 is 0 Å². The first kappa shape index (κ1) is 11.9. The highest BCUT2D eigenvalue weighted by atomic mass is 16.5. The zero-order valence-corrected chi connectivity index (χ0v) is 10.2. The number of methoxy groups -OCH3 is 2. The van der Waals surface area contributed by atoms with E-state index in [1.807, 2.05) is 6.07 Å². The lowest BCUT2D eigenvalue weighted by atomic mass is 9.82. The van der Waals surface area contributed by atoms with E-state index in [4.69, 9.17) is 15.2 Å². The first-order valence-corrected chi connectivity index (χ1v) is 5.71. The first-order chi connectivity index (χ1) is 8.22. The number of rotatable bonds is 3. The van der Waals surface area contributed by atoms with Gasteiger partial charge in [0.25, 0.3) is 0 Å². The van der Waals surface area contributed by atoms with E-state index in [9.17, 15) is 4.79 Å². The zero-order chi connectivity index (χ0) is 12.4. The van der Waals surface area contributed by atoms with E-state index in [1.54, 1.807) is 20.3 Å². The number of carbonyl (C=O) groups is 1. The van der Waals surface area contributed by atoms with Crippen molar-refractivity contribution in [3.05, 3.63) is 23.3 Å². The predicted octanol–water partition coefficient (Wildman–Crippen LogP) is 1.41. The third kappa shape index (κ3) is 1.89. The second-order valence-electron chi connectivity index (χ2n) is 4.16. The van der Waals surface area contributed by atoms with Crippen LogP contribution < -0.4 is 15.2 Å². The largest absolute Gasteiger partial charge is 0.496 e. The van der Waals surface area contributed by atoms with Gasteiger partial charge < -0.3 is 15.2 Å². The topological polar surface area (TPSA) is 61.6 Å². The Balaban J connectivity index is 2.56. The monoisotopic (exact) mass is 235 g/mol. The molecule has 4 nitrogen and oxygen atoms in total. The van der Waals surface area contributed by atoms with Crippen LogP contribution in [-0.4, -0.2) is 26.5 Å². The van der Waals surface area contributed by atoms with Crippen molar-refractivity contribution >= 4 is 5.78 Å². The molecule has 1 aromatic carbocycles. The van der Waals surface area contributed by atoms with Crippen molar-refractivity contribution in [2.45, 2.75) is 12.8 Å². The summed E-state index contributed by atoms with van der Waals surface area (Å²) < 4.78 is 10.5. The molecule has 0 aliphatic heterocycles. The standard InChI is InChI=1S/C13H17NO3/c1-16-10-5-6-11(17-2)12-9(10)4-3-8(7-14)13(12)15/h5-6,8H,3-4,7,14H2,1-2H3. The summed E-state index contributed by atoms with van der Waals surface area (Å²) in [4.78, 5) is 12.3. The second kappa shape index (κ2) is 4.75. The molecule has 0 bridgehead atoms. The molecule has 2 rings (SSSR count). The Hall–Kier alpha value is -1.55. The van der Waals surface area contributed by atoms with E-state index in [0.717, 1.165) is 24.2 Å². The van der Waals surface area contributed by atoms with Gasteiger partial charge in [-0.3, -0.25) is 4.79 Å². The average Bonchev–Trinajstić information content (AvgIpc) is 2.38. The summed E-state index contributed by atoms with van der Waals surface area (Å²) in [6.45, 7) is 0.388. The molecule has 0 heterocycles. The highest BCUT2D eigenvalue weighted by molar-refractivity contribution is 6.03. The van der Waals surface area contributed by atoms with Gasteiger partial charge in [-0.25, -0.2) is 0 Å². The van der Waals surface area contributed by atoms with E-state index in [1.165, 1.54) is 0 Å². The lowest BCUT2D eigenvalue weighted by Gasteiger charge is -2.25. The summed E-state index contributed by atoms with van der Waals surface area (Å²) in [5.41, 5.74) is 7.21. The number of benzene rings is 1. The molecule has 1 aromatic rings. The van der Waals surface area contributed by atoms with Crippen molar-refractivity contribution in [3.8, 4) is 11.5 Å². The summed E-state index contributed by atoms with van der Waals surface area (Å²) in [6.07, 6.45) is 1.59. The molecule has 92 valence electrons. The van der Waals surface area contributed by atoms with Crippen LogP contribution in [0.5, 0.6) is 11.5 Å². The SMILES string of the molecule is COc1ccc(OC)c2c1CCC(CN)C2=O. The maximum atomic E-state index is 12.3. The molecule has 0 radical (unpaired) electrons. The lowest BCUT2D eigenvalue weighted by Crippen LogP contribution is -2.29. The Labute approximate surface area is 101 Å². The van der Waals surface area contributed by atoms with Gasteiger partial charge in [-0.2, -0.15) is 0 Å².